The maximum Gasteiger partial charge on any atom is 0.253 e. The van der Waals surface area contributed by atoms with Crippen LogP contribution in [0.5, 0.6) is 11.5 Å². The summed E-state index contributed by atoms with van der Waals surface area (Å²) in [5.41, 5.74) is 4.35. The minimum atomic E-state index is -0.603. The van der Waals surface area contributed by atoms with Crippen molar-refractivity contribution >= 4 is 17.5 Å². The Balaban J connectivity index is 0.00000210. The van der Waals surface area contributed by atoms with Crippen LogP contribution in [0.1, 0.15) is 63.5 Å². The maximum atomic E-state index is 13.0. The Morgan fingerprint density at radius 3 is 2.69 bits per heavy atom. The largest absolute Gasteiger partial charge is 0.497 e. The van der Waals surface area contributed by atoms with Crippen LogP contribution in [0.3, 0.4) is 0 Å². The fourth-order valence-electron chi connectivity index (χ4n) is 3.78. The first-order valence-corrected chi connectivity index (χ1v) is 12.3. The smallest absolute Gasteiger partial charge is 0.253 e. The molecule has 1 aliphatic rings. The molecule has 3 rings (SSSR count). The van der Waals surface area contributed by atoms with Crippen LogP contribution in [0.25, 0.3) is 0 Å². The summed E-state index contributed by atoms with van der Waals surface area (Å²) < 4.78 is 17.5. The quantitative estimate of drug-likeness (QED) is 0.288. The first kappa shape index (κ1) is 28.1. The average molecular weight is 487 g/mol. The zero-order chi connectivity index (χ0) is 25.5. The van der Waals surface area contributed by atoms with Crippen molar-refractivity contribution in [3.05, 3.63) is 53.6 Å². The molecule has 8 heteroatoms. The van der Waals surface area contributed by atoms with Crippen LogP contribution < -0.4 is 20.3 Å². The van der Waals surface area contributed by atoms with Crippen molar-refractivity contribution in [2.45, 2.75) is 71.5 Å². The molecule has 0 aliphatic carbocycles. The Hall–Kier alpha value is -3.10. The van der Waals surface area contributed by atoms with Crippen molar-refractivity contribution in [3.63, 3.8) is 0 Å². The molecular formula is C27H38N2O6. The Bertz CT molecular complexity index is 934. The summed E-state index contributed by atoms with van der Waals surface area (Å²) in [6, 6.07) is 13.4. The third-order valence-electron chi connectivity index (χ3n) is 5.52. The summed E-state index contributed by atoms with van der Waals surface area (Å²) in [5.74, 6) is 0.755. The number of aryl methyl sites for hydroxylation is 1. The van der Waals surface area contributed by atoms with Gasteiger partial charge in [0.15, 0.2) is 0 Å². The van der Waals surface area contributed by atoms with Gasteiger partial charge in [-0.1, -0.05) is 44.9 Å². The molecule has 1 atom stereocenters. The molecule has 2 amide bonds. The summed E-state index contributed by atoms with van der Waals surface area (Å²) in [7, 11) is 1.65. The first-order chi connectivity index (χ1) is 17.1. The Kier molecular flexibility index (Phi) is 12.7. The molecule has 0 saturated heterocycles. The standard InChI is InChI=1S/C25H32N2O6.C2H6/c1-31-20-15-18-8-7-13-32-23(11-3-2-4-12-24(28)27-30)25(29)26-21-9-5-6-10-22(21)33-17-19(14-18)16-20;1-2/h5-6,9-10,14-16,23,30H,2-4,7-8,11-13,17H2,1H3,(H,26,29)(H,27,28);1-2H3. The van der Waals surface area contributed by atoms with Gasteiger partial charge in [-0.15, -0.1) is 0 Å². The molecule has 1 unspecified atom stereocenters. The van der Waals surface area contributed by atoms with E-state index in [1.807, 2.05) is 44.2 Å². The van der Waals surface area contributed by atoms with Crippen LogP contribution in [0.2, 0.25) is 0 Å². The lowest BCUT2D eigenvalue weighted by Gasteiger charge is -2.20. The molecule has 2 aromatic carbocycles. The van der Waals surface area contributed by atoms with E-state index in [0.29, 0.717) is 37.5 Å². The number of ether oxygens (including phenoxy) is 3. The number of carbonyl (C=O) groups excluding carboxylic acids is 2. The van der Waals surface area contributed by atoms with Gasteiger partial charge in [0, 0.05) is 13.0 Å². The number of hydrogen-bond acceptors (Lipinski definition) is 6. The van der Waals surface area contributed by atoms with Gasteiger partial charge >= 0.3 is 0 Å². The Morgan fingerprint density at radius 1 is 1.14 bits per heavy atom. The predicted molar refractivity (Wildman–Crippen MR) is 135 cm³/mol. The lowest BCUT2D eigenvalue weighted by molar-refractivity contribution is -0.129. The van der Waals surface area contributed by atoms with Gasteiger partial charge in [-0.25, -0.2) is 5.48 Å². The molecule has 35 heavy (non-hydrogen) atoms. The van der Waals surface area contributed by atoms with Crippen molar-refractivity contribution in [2.75, 3.05) is 19.0 Å². The number of benzene rings is 2. The maximum absolute atomic E-state index is 13.0. The molecule has 1 heterocycles. The molecule has 8 nitrogen and oxygen atoms in total. The van der Waals surface area contributed by atoms with E-state index in [9.17, 15) is 9.59 Å². The highest BCUT2D eigenvalue weighted by Gasteiger charge is 2.21. The van der Waals surface area contributed by atoms with Gasteiger partial charge in [-0.2, -0.15) is 0 Å². The number of rotatable bonds is 7. The summed E-state index contributed by atoms with van der Waals surface area (Å²) in [6.45, 7) is 4.81. The van der Waals surface area contributed by atoms with E-state index in [0.717, 1.165) is 42.6 Å². The highest BCUT2D eigenvalue weighted by Crippen LogP contribution is 2.27. The van der Waals surface area contributed by atoms with Gasteiger partial charge in [0.05, 0.1) is 12.8 Å². The van der Waals surface area contributed by atoms with Crippen LogP contribution in [0, 0.1) is 0 Å². The van der Waals surface area contributed by atoms with Gasteiger partial charge in [0.25, 0.3) is 5.91 Å². The minimum Gasteiger partial charge on any atom is -0.497 e. The van der Waals surface area contributed by atoms with E-state index in [4.69, 9.17) is 19.4 Å². The van der Waals surface area contributed by atoms with E-state index in [-0.39, 0.29) is 12.3 Å². The van der Waals surface area contributed by atoms with Gasteiger partial charge in [0.1, 0.15) is 24.2 Å². The third-order valence-corrected chi connectivity index (χ3v) is 5.52. The lowest BCUT2D eigenvalue weighted by atomic mass is 10.1. The average Bonchev–Trinajstić information content (AvgIpc) is 2.89. The third kappa shape index (κ3) is 9.58. The SMILES string of the molecule is CC.COc1cc2cc(c1)COc1ccccc1NC(=O)C(CCCCCC(=O)NO)OCCC2. The molecule has 1 aliphatic heterocycles. The number of amides is 2. The molecule has 3 N–H and O–H groups in total. The van der Waals surface area contributed by atoms with Crippen LogP contribution in [0.4, 0.5) is 5.69 Å². The summed E-state index contributed by atoms with van der Waals surface area (Å²) in [4.78, 5) is 24.2. The number of para-hydroxylation sites is 2. The molecule has 2 bridgehead atoms. The normalized spacial score (nSPS) is 15.8. The summed E-state index contributed by atoms with van der Waals surface area (Å²) in [6.07, 6.45) is 3.88. The predicted octanol–water partition coefficient (Wildman–Crippen LogP) is 5.03. The Morgan fingerprint density at radius 2 is 1.91 bits per heavy atom. The second-order valence-electron chi connectivity index (χ2n) is 8.06. The highest BCUT2D eigenvalue weighted by atomic mass is 16.5. The van der Waals surface area contributed by atoms with Gasteiger partial charge < -0.3 is 19.5 Å². The summed E-state index contributed by atoms with van der Waals surface area (Å²) >= 11 is 0. The molecule has 0 saturated carbocycles. The van der Waals surface area contributed by atoms with Gasteiger partial charge in [0.2, 0.25) is 5.91 Å². The second-order valence-corrected chi connectivity index (χ2v) is 8.06. The number of unbranched alkanes of at least 4 members (excludes halogenated alkanes) is 2. The van der Waals surface area contributed by atoms with Gasteiger partial charge in [-0.05, 0) is 61.1 Å². The number of methoxy groups -OCH3 is 1. The van der Waals surface area contributed by atoms with Crippen LogP contribution in [-0.2, 0) is 27.4 Å². The van der Waals surface area contributed by atoms with Crippen molar-refractivity contribution in [1.82, 2.24) is 5.48 Å². The fourth-order valence-corrected chi connectivity index (χ4v) is 3.78. The number of anilines is 1. The fraction of sp³-hybridized carbons (Fsp3) is 0.481. The monoisotopic (exact) mass is 486 g/mol. The van der Waals surface area contributed by atoms with E-state index >= 15 is 0 Å². The second kappa shape index (κ2) is 15.7. The van der Waals surface area contributed by atoms with Crippen LogP contribution in [-0.4, -0.2) is 36.8 Å². The highest BCUT2D eigenvalue weighted by molar-refractivity contribution is 5.95. The molecule has 0 radical (unpaired) electrons. The number of carbonyl (C=O) groups is 2. The molecule has 192 valence electrons. The molecule has 0 spiro atoms. The zero-order valence-electron chi connectivity index (χ0n) is 21.0. The summed E-state index contributed by atoms with van der Waals surface area (Å²) in [5, 5.41) is 11.5. The molecule has 0 fully saturated rings. The van der Waals surface area contributed by atoms with Crippen molar-refractivity contribution in [1.29, 1.82) is 0 Å². The molecule has 0 aromatic heterocycles. The van der Waals surface area contributed by atoms with Crippen molar-refractivity contribution in [2.24, 2.45) is 0 Å². The van der Waals surface area contributed by atoms with E-state index in [2.05, 4.69) is 11.4 Å². The number of fused-ring (bicyclic) bond motifs is 3. The van der Waals surface area contributed by atoms with Crippen molar-refractivity contribution < 1.29 is 29.0 Å². The van der Waals surface area contributed by atoms with E-state index < -0.39 is 12.0 Å². The van der Waals surface area contributed by atoms with Crippen LogP contribution >= 0.6 is 0 Å². The minimum absolute atomic E-state index is 0.212. The number of hydroxylamine groups is 1. The first-order valence-electron chi connectivity index (χ1n) is 12.3. The lowest BCUT2D eigenvalue weighted by Crippen LogP contribution is -2.31. The number of nitrogens with one attached hydrogen (secondary N) is 2. The topological polar surface area (TPSA) is 106 Å². The van der Waals surface area contributed by atoms with Crippen LogP contribution in [0.15, 0.2) is 42.5 Å². The van der Waals surface area contributed by atoms with E-state index in [1.54, 1.807) is 18.7 Å². The van der Waals surface area contributed by atoms with Crippen molar-refractivity contribution in [3.8, 4) is 11.5 Å². The number of hydrogen-bond donors (Lipinski definition) is 3. The molecule has 2 aromatic rings. The Labute approximate surface area is 207 Å². The van der Waals surface area contributed by atoms with Gasteiger partial charge in [-0.3, -0.25) is 14.8 Å². The molecular weight excluding hydrogens is 448 g/mol. The van der Waals surface area contributed by atoms with E-state index in [1.165, 1.54) is 0 Å². The zero-order valence-corrected chi connectivity index (χ0v) is 21.0.